The normalized spacial score (nSPS) is 34.3. The molecule has 1 fully saturated rings. The van der Waals surface area contributed by atoms with Gasteiger partial charge in [-0.1, -0.05) is 30.3 Å². The van der Waals surface area contributed by atoms with Crippen LogP contribution in [0.15, 0.2) is 30.3 Å². The molecular weight excluding hydrogens is 152 g/mol. The lowest BCUT2D eigenvalue weighted by molar-refractivity contribution is -0.119. The van der Waals surface area contributed by atoms with E-state index in [4.69, 9.17) is 5.11 Å². The lowest BCUT2D eigenvalue weighted by atomic mass is 9.73. The molecule has 0 amide bonds. The van der Waals surface area contributed by atoms with Gasteiger partial charge < -0.3 is 10.2 Å². The van der Waals surface area contributed by atoms with Gasteiger partial charge in [0, 0.05) is 12.8 Å². The molecule has 1 aliphatic rings. The van der Waals surface area contributed by atoms with Crippen molar-refractivity contribution in [3.05, 3.63) is 35.9 Å². The molecule has 0 aliphatic heterocycles. The summed E-state index contributed by atoms with van der Waals surface area (Å²) in [6.07, 6.45) is 0.615. The molecule has 12 heavy (non-hydrogen) atoms. The number of rotatable bonds is 1. The minimum absolute atomic E-state index is 0.324. The van der Waals surface area contributed by atoms with Crippen molar-refractivity contribution in [2.75, 3.05) is 0 Å². The first-order valence-corrected chi connectivity index (χ1v) is 4.17. The second kappa shape index (κ2) is 2.57. The topological polar surface area (TPSA) is 40.5 Å². The smallest absolute Gasteiger partial charge is 0.0945 e. The summed E-state index contributed by atoms with van der Waals surface area (Å²) in [5.41, 5.74) is 0.149. The lowest BCUT2D eigenvalue weighted by Gasteiger charge is -2.41. The number of benzene rings is 1. The maximum absolute atomic E-state index is 9.89. The number of aliphatic hydroxyl groups is 2. The number of aliphatic hydroxyl groups excluding tert-OH is 1. The van der Waals surface area contributed by atoms with Crippen LogP contribution in [-0.2, 0) is 5.60 Å². The van der Waals surface area contributed by atoms with E-state index in [1.807, 2.05) is 30.3 Å². The largest absolute Gasteiger partial charge is 0.393 e. The summed E-state index contributed by atoms with van der Waals surface area (Å²) in [6, 6.07) is 9.51. The first-order valence-electron chi connectivity index (χ1n) is 4.17. The summed E-state index contributed by atoms with van der Waals surface area (Å²) in [6.45, 7) is 0. The summed E-state index contributed by atoms with van der Waals surface area (Å²) in [5.74, 6) is 0. The molecule has 0 saturated heterocycles. The van der Waals surface area contributed by atoms with Crippen LogP contribution in [0.2, 0.25) is 0 Å². The van der Waals surface area contributed by atoms with Crippen molar-refractivity contribution in [2.24, 2.45) is 0 Å². The molecule has 0 spiro atoms. The van der Waals surface area contributed by atoms with E-state index in [0.29, 0.717) is 12.8 Å². The number of hydrogen-bond acceptors (Lipinski definition) is 2. The summed E-state index contributed by atoms with van der Waals surface area (Å²) in [5, 5.41) is 19.0. The van der Waals surface area contributed by atoms with Crippen LogP contribution in [0.1, 0.15) is 18.4 Å². The van der Waals surface area contributed by atoms with Crippen LogP contribution in [0.25, 0.3) is 0 Å². The summed E-state index contributed by atoms with van der Waals surface area (Å²) in [4.78, 5) is 0. The molecule has 0 bridgehead atoms. The first-order chi connectivity index (χ1) is 5.71. The molecule has 2 heteroatoms. The van der Waals surface area contributed by atoms with Gasteiger partial charge in [-0.15, -0.1) is 0 Å². The van der Waals surface area contributed by atoms with Gasteiger partial charge >= 0.3 is 0 Å². The lowest BCUT2D eigenvalue weighted by Crippen LogP contribution is -2.44. The fourth-order valence-electron chi connectivity index (χ4n) is 1.70. The van der Waals surface area contributed by atoms with Crippen LogP contribution in [0.3, 0.4) is 0 Å². The Morgan fingerprint density at radius 2 is 1.75 bits per heavy atom. The van der Waals surface area contributed by atoms with Crippen molar-refractivity contribution in [1.82, 2.24) is 0 Å². The Kier molecular flexibility index (Phi) is 1.67. The molecule has 0 heterocycles. The Morgan fingerprint density at radius 1 is 1.17 bits per heavy atom. The van der Waals surface area contributed by atoms with Gasteiger partial charge in [0.05, 0.1) is 11.7 Å². The molecule has 64 valence electrons. The van der Waals surface area contributed by atoms with Gasteiger partial charge in [-0.05, 0) is 5.56 Å². The quantitative estimate of drug-likeness (QED) is 0.650. The Labute approximate surface area is 71.5 Å². The van der Waals surface area contributed by atoms with Crippen LogP contribution in [0.5, 0.6) is 0 Å². The fraction of sp³-hybridized carbons (Fsp3) is 0.400. The van der Waals surface area contributed by atoms with Gasteiger partial charge in [0.1, 0.15) is 0 Å². The summed E-state index contributed by atoms with van der Waals surface area (Å²) in [7, 11) is 0. The molecule has 0 radical (unpaired) electrons. The highest BCUT2D eigenvalue weighted by molar-refractivity contribution is 5.25. The van der Waals surface area contributed by atoms with Crippen molar-refractivity contribution in [2.45, 2.75) is 24.5 Å². The van der Waals surface area contributed by atoms with Gasteiger partial charge in [0.15, 0.2) is 0 Å². The Bertz CT molecular complexity index is 262. The van der Waals surface area contributed by atoms with E-state index >= 15 is 0 Å². The molecule has 0 aromatic heterocycles. The molecule has 0 unspecified atom stereocenters. The zero-order chi connectivity index (χ0) is 8.60. The third kappa shape index (κ3) is 1.13. The highest BCUT2D eigenvalue weighted by Gasteiger charge is 2.42. The summed E-state index contributed by atoms with van der Waals surface area (Å²) >= 11 is 0. The van der Waals surface area contributed by atoms with Gasteiger partial charge in [-0.2, -0.15) is 0 Å². The Hall–Kier alpha value is -0.860. The third-order valence-electron chi connectivity index (χ3n) is 2.46. The van der Waals surface area contributed by atoms with Crippen LogP contribution >= 0.6 is 0 Å². The second-order valence-electron chi connectivity index (χ2n) is 3.46. The zero-order valence-electron chi connectivity index (χ0n) is 6.77. The first kappa shape index (κ1) is 7.77. The molecule has 2 rings (SSSR count). The van der Waals surface area contributed by atoms with Gasteiger partial charge in [0.25, 0.3) is 0 Å². The minimum atomic E-state index is -0.763. The molecular formula is C10H12O2. The predicted molar refractivity (Wildman–Crippen MR) is 45.6 cm³/mol. The average Bonchev–Trinajstić information content (AvgIpc) is 2.04. The molecule has 1 aromatic carbocycles. The van der Waals surface area contributed by atoms with E-state index in [-0.39, 0.29) is 6.10 Å². The van der Waals surface area contributed by atoms with Crippen molar-refractivity contribution < 1.29 is 10.2 Å². The monoisotopic (exact) mass is 164 g/mol. The maximum atomic E-state index is 9.89. The van der Waals surface area contributed by atoms with E-state index in [1.165, 1.54) is 0 Å². The highest BCUT2D eigenvalue weighted by Crippen LogP contribution is 2.40. The molecule has 1 aliphatic carbocycles. The molecule has 1 aromatic rings. The van der Waals surface area contributed by atoms with Crippen molar-refractivity contribution in [1.29, 1.82) is 0 Å². The van der Waals surface area contributed by atoms with E-state index in [0.717, 1.165) is 5.56 Å². The van der Waals surface area contributed by atoms with Crippen LogP contribution in [0.4, 0.5) is 0 Å². The van der Waals surface area contributed by atoms with E-state index < -0.39 is 5.60 Å². The van der Waals surface area contributed by atoms with Gasteiger partial charge in [0.2, 0.25) is 0 Å². The number of hydrogen-bond donors (Lipinski definition) is 2. The molecule has 0 atom stereocenters. The van der Waals surface area contributed by atoms with Gasteiger partial charge in [-0.25, -0.2) is 0 Å². The molecule has 2 N–H and O–H groups in total. The minimum Gasteiger partial charge on any atom is -0.393 e. The maximum Gasteiger partial charge on any atom is 0.0945 e. The third-order valence-corrected chi connectivity index (χ3v) is 2.46. The zero-order valence-corrected chi connectivity index (χ0v) is 6.77. The summed E-state index contributed by atoms with van der Waals surface area (Å²) < 4.78 is 0. The van der Waals surface area contributed by atoms with Gasteiger partial charge in [-0.3, -0.25) is 0 Å². The Balaban J connectivity index is 2.21. The molecule has 1 saturated carbocycles. The molecule has 2 nitrogen and oxygen atoms in total. The van der Waals surface area contributed by atoms with E-state index in [1.54, 1.807) is 0 Å². The average molecular weight is 164 g/mol. The van der Waals surface area contributed by atoms with Crippen molar-refractivity contribution in [3.63, 3.8) is 0 Å². The highest BCUT2D eigenvalue weighted by atomic mass is 16.3. The fourth-order valence-corrected chi connectivity index (χ4v) is 1.70. The van der Waals surface area contributed by atoms with Crippen molar-refractivity contribution >= 4 is 0 Å². The van der Waals surface area contributed by atoms with E-state index in [2.05, 4.69) is 0 Å². The van der Waals surface area contributed by atoms with Crippen LogP contribution in [0, 0.1) is 0 Å². The second-order valence-corrected chi connectivity index (χ2v) is 3.46. The van der Waals surface area contributed by atoms with Crippen LogP contribution in [-0.4, -0.2) is 16.3 Å². The Morgan fingerprint density at radius 3 is 2.25 bits per heavy atom. The predicted octanol–water partition coefficient (Wildman–Crippen LogP) is 1.03. The van der Waals surface area contributed by atoms with Crippen molar-refractivity contribution in [3.8, 4) is 0 Å². The van der Waals surface area contributed by atoms with E-state index in [9.17, 15) is 5.11 Å². The standard InChI is InChI=1S/C10H12O2/c11-9-6-10(12,7-9)8-4-2-1-3-5-8/h1-5,9,11-12H,6-7H2. The SMILES string of the molecule is OC1CC(O)(c2ccccc2)C1. The van der Waals surface area contributed by atoms with Crippen LogP contribution < -0.4 is 0 Å².